The summed E-state index contributed by atoms with van der Waals surface area (Å²) in [6, 6.07) is 12.0. The number of hydrogen-bond donors (Lipinski definition) is 1. The van der Waals surface area contributed by atoms with Crippen molar-refractivity contribution in [3.63, 3.8) is 0 Å². The maximum absolute atomic E-state index is 13.9. The van der Waals surface area contributed by atoms with E-state index in [-0.39, 0.29) is 18.0 Å². The van der Waals surface area contributed by atoms with Crippen molar-refractivity contribution in [2.75, 3.05) is 31.5 Å². The van der Waals surface area contributed by atoms with Crippen molar-refractivity contribution >= 4 is 17.6 Å². The Balaban J connectivity index is 1.30. The number of amides is 1. The molecule has 180 valence electrons. The van der Waals surface area contributed by atoms with E-state index in [1.165, 1.54) is 12.8 Å². The molecule has 3 aliphatic heterocycles. The van der Waals surface area contributed by atoms with Crippen molar-refractivity contribution in [3.8, 4) is 0 Å². The van der Waals surface area contributed by atoms with Gasteiger partial charge in [0.25, 0.3) is 5.91 Å². The van der Waals surface area contributed by atoms with Crippen LogP contribution in [0.2, 0.25) is 0 Å². The quantitative estimate of drug-likeness (QED) is 0.400. The number of anilines is 1. The zero-order valence-corrected chi connectivity index (χ0v) is 19.8. The molecule has 0 spiro atoms. The van der Waals surface area contributed by atoms with E-state index in [1.54, 1.807) is 18.5 Å². The Hall–Kier alpha value is -2.80. The number of ether oxygens (including phenoxy) is 1. The molecule has 2 aromatic rings. The summed E-state index contributed by atoms with van der Waals surface area (Å²) in [5.41, 5.74) is 1.21. The Bertz CT molecular complexity index is 981. The summed E-state index contributed by atoms with van der Waals surface area (Å²) in [6.45, 7) is 3.05. The molecule has 34 heavy (non-hydrogen) atoms. The monoisotopic (exact) mass is 463 g/mol. The first-order chi connectivity index (χ1) is 16.6. The highest BCUT2D eigenvalue weighted by Crippen LogP contribution is 2.42. The number of nitrogens with one attached hydrogen (secondary N) is 1. The van der Waals surface area contributed by atoms with Crippen LogP contribution in [0.1, 0.15) is 56.9 Å². The first-order valence-electron chi connectivity index (χ1n) is 12.8. The molecule has 3 saturated heterocycles. The summed E-state index contributed by atoms with van der Waals surface area (Å²) < 4.78 is 7.09. The van der Waals surface area contributed by atoms with Gasteiger partial charge >= 0.3 is 5.97 Å². The lowest BCUT2D eigenvalue weighted by Crippen LogP contribution is -2.66. The van der Waals surface area contributed by atoms with Crippen LogP contribution >= 0.6 is 0 Å². The number of carbonyl (C=O) groups is 2. The van der Waals surface area contributed by atoms with Crippen LogP contribution in [0.25, 0.3) is 0 Å². The number of fused-ring (bicyclic) bond motifs is 3. The predicted molar refractivity (Wildman–Crippen MR) is 129 cm³/mol. The average molecular weight is 464 g/mol. The fraction of sp³-hybridized carbons (Fsp3) is 0.556. The second-order valence-electron chi connectivity index (χ2n) is 10.5. The van der Waals surface area contributed by atoms with Gasteiger partial charge in [0.2, 0.25) is 0 Å². The van der Waals surface area contributed by atoms with Gasteiger partial charge < -0.3 is 14.5 Å². The molecule has 1 atom stereocenters. The molecule has 1 amide bonds. The summed E-state index contributed by atoms with van der Waals surface area (Å²) in [5.74, 6) is 0.322. The normalized spacial score (nSPS) is 28.0. The fourth-order valence-corrected chi connectivity index (χ4v) is 6.40. The van der Waals surface area contributed by atoms with Crippen LogP contribution in [0.3, 0.4) is 0 Å². The first-order valence-corrected chi connectivity index (χ1v) is 12.8. The Labute approximate surface area is 201 Å². The standard InChI is InChI=1S/C27H34N4O3/c32-25(30-23-10-15-28-29-18-23)20-31-16-11-21(12-17-31)24(19-31)34-26(33)27(13-6-1-2-7-14-27)22-8-4-3-5-9-22/h3-5,8-10,15,18,21,24H,1-2,6-7,11-14,16-17,19-20H2/p+1. The lowest BCUT2D eigenvalue weighted by atomic mass is 9.74. The molecule has 1 unspecified atom stereocenters. The van der Waals surface area contributed by atoms with Gasteiger partial charge in [-0.2, -0.15) is 10.2 Å². The Kier molecular flexibility index (Phi) is 6.63. The Morgan fingerprint density at radius 1 is 1.00 bits per heavy atom. The molecule has 7 nitrogen and oxygen atoms in total. The van der Waals surface area contributed by atoms with Gasteiger partial charge in [-0.3, -0.25) is 9.59 Å². The minimum absolute atomic E-state index is 0.0250. The highest BCUT2D eigenvalue weighted by molar-refractivity contribution is 5.91. The molecule has 1 aromatic carbocycles. The second-order valence-corrected chi connectivity index (χ2v) is 10.5. The first kappa shape index (κ1) is 23.0. The molecule has 4 fully saturated rings. The van der Waals surface area contributed by atoms with Gasteiger partial charge in [-0.15, -0.1) is 0 Å². The van der Waals surface area contributed by atoms with Crippen LogP contribution in [0.4, 0.5) is 5.69 Å². The number of quaternary nitrogens is 1. The lowest BCUT2D eigenvalue weighted by Gasteiger charge is -2.52. The number of nitrogens with zero attached hydrogens (tertiary/aromatic N) is 3. The molecule has 1 aromatic heterocycles. The summed E-state index contributed by atoms with van der Waals surface area (Å²) in [6.07, 6.45) is 11.2. The molecule has 7 heteroatoms. The van der Waals surface area contributed by atoms with Crippen molar-refractivity contribution in [2.24, 2.45) is 5.92 Å². The SMILES string of the molecule is O=C(C[N+]12CCC(CC1)C(OC(=O)C1(c3ccccc3)CCCCCC1)C2)Nc1ccnnc1. The maximum Gasteiger partial charge on any atom is 0.317 e. The molecule has 0 radical (unpaired) electrons. The number of aromatic nitrogens is 2. The molecular weight excluding hydrogens is 428 g/mol. The maximum atomic E-state index is 13.9. The minimum atomic E-state index is -0.541. The number of hydrogen-bond acceptors (Lipinski definition) is 5. The van der Waals surface area contributed by atoms with E-state index in [0.29, 0.717) is 22.6 Å². The minimum Gasteiger partial charge on any atom is -0.455 e. The van der Waals surface area contributed by atoms with Crippen molar-refractivity contribution in [3.05, 3.63) is 54.4 Å². The molecule has 4 aliphatic rings. The zero-order valence-electron chi connectivity index (χ0n) is 19.8. The van der Waals surface area contributed by atoms with Gasteiger partial charge in [0.15, 0.2) is 12.6 Å². The van der Waals surface area contributed by atoms with Gasteiger partial charge in [0, 0.05) is 18.8 Å². The highest BCUT2D eigenvalue weighted by atomic mass is 16.5. The van der Waals surface area contributed by atoms with E-state index < -0.39 is 5.41 Å². The van der Waals surface area contributed by atoms with Gasteiger partial charge in [-0.25, -0.2) is 0 Å². The third-order valence-corrected chi connectivity index (χ3v) is 8.32. The van der Waals surface area contributed by atoms with Crippen molar-refractivity contribution in [2.45, 2.75) is 62.9 Å². The summed E-state index contributed by atoms with van der Waals surface area (Å²) in [5, 5.41) is 10.5. The van der Waals surface area contributed by atoms with Crippen LogP contribution in [0.5, 0.6) is 0 Å². The van der Waals surface area contributed by atoms with E-state index in [4.69, 9.17) is 4.74 Å². The predicted octanol–water partition coefficient (Wildman–Crippen LogP) is 3.86. The van der Waals surface area contributed by atoms with Crippen molar-refractivity contribution < 1.29 is 18.8 Å². The van der Waals surface area contributed by atoms with E-state index in [2.05, 4.69) is 27.6 Å². The zero-order chi connectivity index (χ0) is 23.4. The van der Waals surface area contributed by atoms with Crippen LogP contribution < -0.4 is 5.32 Å². The van der Waals surface area contributed by atoms with Crippen LogP contribution in [-0.2, 0) is 19.7 Å². The largest absolute Gasteiger partial charge is 0.455 e. The topological polar surface area (TPSA) is 81.2 Å². The van der Waals surface area contributed by atoms with Crippen LogP contribution in [0.15, 0.2) is 48.8 Å². The molecule has 1 saturated carbocycles. The van der Waals surface area contributed by atoms with Gasteiger partial charge in [-0.05, 0) is 24.5 Å². The number of carbonyl (C=O) groups excluding carboxylic acids is 2. The molecule has 4 heterocycles. The fourth-order valence-electron chi connectivity index (χ4n) is 6.40. The summed E-state index contributed by atoms with van der Waals surface area (Å²) >= 11 is 0. The van der Waals surface area contributed by atoms with Gasteiger partial charge in [0.1, 0.15) is 6.54 Å². The Morgan fingerprint density at radius 3 is 2.41 bits per heavy atom. The summed E-state index contributed by atoms with van der Waals surface area (Å²) in [7, 11) is 0. The number of rotatable bonds is 6. The lowest BCUT2D eigenvalue weighted by molar-refractivity contribution is -0.939. The highest BCUT2D eigenvalue weighted by Gasteiger charge is 2.51. The van der Waals surface area contributed by atoms with Crippen LogP contribution in [0, 0.1) is 5.92 Å². The smallest absolute Gasteiger partial charge is 0.317 e. The molecule has 2 bridgehead atoms. The van der Waals surface area contributed by atoms with Crippen molar-refractivity contribution in [1.82, 2.24) is 10.2 Å². The molecule has 1 N–H and O–H groups in total. The number of esters is 1. The third kappa shape index (κ3) is 4.71. The molecular formula is C27H35N4O3+. The van der Waals surface area contributed by atoms with Gasteiger partial charge in [0.05, 0.1) is 36.6 Å². The van der Waals surface area contributed by atoms with E-state index >= 15 is 0 Å². The van der Waals surface area contributed by atoms with E-state index in [9.17, 15) is 9.59 Å². The second kappa shape index (κ2) is 9.82. The third-order valence-electron chi connectivity index (χ3n) is 8.32. The summed E-state index contributed by atoms with van der Waals surface area (Å²) in [4.78, 5) is 26.7. The van der Waals surface area contributed by atoms with E-state index in [0.717, 1.165) is 63.7 Å². The van der Waals surface area contributed by atoms with Crippen LogP contribution in [-0.4, -0.2) is 58.8 Å². The average Bonchev–Trinajstić information content (AvgIpc) is 3.13. The van der Waals surface area contributed by atoms with Crippen molar-refractivity contribution in [1.29, 1.82) is 0 Å². The number of piperidine rings is 3. The van der Waals surface area contributed by atoms with E-state index in [1.807, 2.05) is 18.2 Å². The molecule has 1 aliphatic carbocycles. The molecule has 6 rings (SSSR count). The van der Waals surface area contributed by atoms with Gasteiger partial charge in [-0.1, -0.05) is 56.0 Å². The Morgan fingerprint density at radius 2 is 1.74 bits per heavy atom. The number of benzene rings is 1.